The zero-order valence-corrected chi connectivity index (χ0v) is 29.2. The predicted octanol–water partition coefficient (Wildman–Crippen LogP) is 6.80. The number of ether oxygens (including phenoxy) is 2. The molecule has 2 atom stereocenters. The average molecular weight is 708 g/mol. The maximum atomic E-state index is 13.4. The topological polar surface area (TPSA) is 117 Å². The van der Waals surface area contributed by atoms with Gasteiger partial charge in [-0.2, -0.15) is 0 Å². The number of hydrogen-bond donors (Lipinski definition) is 1. The number of piperidine rings is 1. The fraction of sp³-hybridized carbons (Fsp3) is 0.516. The highest BCUT2D eigenvalue weighted by molar-refractivity contribution is 7.21. The number of anilines is 3. The lowest BCUT2D eigenvalue weighted by Crippen LogP contribution is -2.50. The number of thiophene rings is 1. The lowest BCUT2D eigenvalue weighted by molar-refractivity contribution is -0.148. The van der Waals surface area contributed by atoms with Gasteiger partial charge in [-0.15, -0.1) is 11.3 Å². The number of nitrogens with one attached hydrogen (secondary N) is 1. The normalized spacial score (nSPS) is 19.9. The van der Waals surface area contributed by atoms with Crippen LogP contribution in [-0.2, 0) is 14.3 Å². The number of piperazine rings is 1. The third-order valence-corrected chi connectivity index (χ3v) is 10.8. The van der Waals surface area contributed by atoms with Gasteiger partial charge >= 0.3 is 12.1 Å². The van der Waals surface area contributed by atoms with E-state index in [9.17, 15) is 14.4 Å². The number of esters is 1. The minimum Gasteiger partial charge on any atom is -0.466 e. The molecule has 6 heterocycles. The minimum atomic E-state index is -0.558. The molecule has 0 saturated carbocycles. The molecule has 246 valence electrons. The molecule has 3 aliphatic heterocycles. The van der Waals surface area contributed by atoms with Crippen LogP contribution < -0.4 is 15.1 Å². The Morgan fingerprint density at radius 2 is 1.87 bits per heavy atom. The van der Waals surface area contributed by atoms with Gasteiger partial charge in [0.25, 0.3) is 5.91 Å². The number of hydrogen-bond acceptors (Lipinski definition) is 11. The summed E-state index contributed by atoms with van der Waals surface area (Å²) in [6.07, 6.45) is 3.36. The number of carbonyl (C=O) groups excluding carboxylic acids is 3. The minimum absolute atomic E-state index is 0.0300. The van der Waals surface area contributed by atoms with Crippen molar-refractivity contribution in [2.75, 3.05) is 47.9 Å². The van der Waals surface area contributed by atoms with Crippen molar-refractivity contribution < 1.29 is 23.9 Å². The molecule has 2 bridgehead atoms. The second-order valence-electron chi connectivity index (χ2n) is 12.6. The maximum absolute atomic E-state index is 13.4. The van der Waals surface area contributed by atoms with Crippen molar-refractivity contribution in [1.29, 1.82) is 0 Å². The molecule has 3 aromatic heterocycles. The van der Waals surface area contributed by atoms with Gasteiger partial charge in [0.2, 0.25) is 0 Å². The van der Waals surface area contributed by atoms with Gasteiger partial charge in [0.05, 0.1) is 39.1 Å². The van der Waals surface area contributed by atoms with Gasteiger partial charge in [-0.25, -0.2) is 14.8 Å². The van der Waals surface area contributed by atoms with Gasteiger partial charge in [-0.1, -0.05) is 34.5 Å². The van der Waals surface area contributed by atoms with Gasteiger partial charge < -0.3 is 24.2 Å². The Hall–Kier alpha value is -3.13. The smallest absolute Gasteiger partial charge is 0.410 e. The van der Waals surface area contributed by atoms with Crippen molar-refractivity contribution in [1.82, 2.24) is 14.9 Å². The average Bonchev–Trinajstić information content (AvgIpc) is 3.80. The molecule has 3 aliphatic rings. The molecule has 6 rings (SSSR count). The van der Waals surface area contributed by atoms with E-state index >= 15 is 0 Å². The fourth-order valence-corrected chi connectivity index (χ4v) is 8.63. The summed E-state index contributed by atoms with van der Waals surface area (Å²) in [7, 11) is 0. The second-order valence-corrected chi connectivity index (χ2v) is 15.4. The summed E-state index contributed by atoms with van der Waals surface area (Å²) < 4.78 is 10.8. The van der Waals surface area contributed by atoms with E-state index in [0.29, 0.717) is 72.2 Å². The zero-order valence-electron chi connectivity index (χ0n) is 26.0. The molecule has 3 saturated heterocycles. The Balaban J connectivity index is 1.16. The molecule has 2 unspecified atom stereocenters. The summed E-state index contributed by atoms with van der Waals surface area (Å²) in [6, 6.07) is 3.61. The molecule has 0 radical (unpaired) electrons. The quantitative estimate of drug-likeness (QED) is 0.265. The second kappa shape index (κ2) is 13.2. The van der Waals surface area contributed by atoms with Crippen LogP contribution >= 0.6 is 45.9 Å². The molecule has 0 aromatic carbocycles. The lowest BCUT2D eigenvalue weighted by atomic mass is 9.97. The van der Waals surface area contributed by atoms with Crippen LogP contribution in [0.3, 0.4) is 0 Å². The molecule has 11 nitrogen and oxygen atoms in total. The first-order chi connectivity index (χ1) is 21.9. The number of nitrogens with zero attached hydrogens (tertiary/aromatic N) is 5. The number of carbonyl (C=O) groups is 3. The highest BCUT2D eigenvalue weighted by atomic mass is 35.5. The zero-order chi connectivity index (χ0) is 32.7. The molecule has 3 fully saturated rings. The number of aromatic nitrogens is 2. The van der Waals surface area contributed by atoms with Crippen molar-refractivity contribution in [2.45, 2.75) is 64.6 Å². The number of pyridine rings is 1. The van der Waals surface area contributed by atoms with Crippen molar-refractivity contribution >= 4 is 79.8 Å². The first-order valence-electron chi connectivity index (χ1n) is 15.3. The Kier molecular flexibility index (Phi) is 9.39. The molecule has 15 heteroatoms. The Morgan fingerprint density at radius 1 is 1.11 bits per heavy atom. The summed E-state index contributed by atoms with van der Waals surface area (Å²) in [5.74, 6) is -0.0858. The first-order valence-corrected chi connectivity index (χ1v) is 17.8. The molecule has 3 aromatic rings. The molecule has 2 amide bonds. The Morgan fingerprint density at radius 3 is 2.48 bits per heavy atom. The summed E-state index contributed by atoms with van der Waals surface area (Å²) in [4.78, 5) is 54.7. The van der Waals surface area contributed by atoms with Crippen LogP contribution in [-0.4, -0.2) is 83.3 Å². The van der Waals surface area contributed by atoms with Crippen LogP contribution in [0.25, 0.3) is 10.6 Å². The molecular formula is C31H36Cl2N6O5S2. The molecule has 0 aliphatic carbocycles. The maximum Gasteiger partial charge on any atom is 0.410 e. The number of thiazole rings is 1. The lowest BCUT2D eigenvalue weighted by Gasteiger charge is -2.35. The van der Waals surface area contributed by atoms with Crippen LogP contribution in [0.1, 0.15) is 57.3 Å². The highest BCUT2D eigenvalue weighted by Gasteiger charge is 2.48. The number of rotatable bonds is 7. The molecular weight excluding hydrogens is 671 g/mol. The predicted molar refractivity (Wildman–Crippen MR) is 182 cm³/mol. The van der Waals surface area contributed by atoms with Crippen LogP contribution in [0.5, 0.6) is 0 Å². The van der Waals surface area contributed by atoms with Gasteiger partial charge in [0, 0.05) is 43.8 Å². The van der Waals surface area contributed by atoms with Crippen LogP contribution in [0, 0.1) is 5.92 Å². The largest absolute Gasteiger partial charge is 0.466 e. The summed E-state index contributed by atoms with van der Waals surface area (Å²) >= 11 is 15.8. The van der Waals surface area contributed by atoms with Crippen LogP contribution in [0.2, 0.25) is 10.0 Å². The van der Waals surface area contributed by atoms with Gasteiger partial charge in [-0.3, -0.25) is 14.9 Å². The molecule has 46 heavy (non-hydrogen) atoms. The number of halogens is 2. The number of likely N-dealkylation sites (tertiary alicyclic amines) is 1. The molecule has 1 N–H and O–H groups in total. The van der Waals surface area contributed by atoms with E-state index in [1.807, 2.05) is 42.0 Å². The summed E-state index contributed by atoms with van der Waals surface area (Å²) in [5, 5.41) is 7.13. The van der Waals surface area contributed by atoms with Crippen LogP contribution in [0.15, 0.2) is 23.7 Å². The third kappa shape index (κ3) is 6.92. The van der Waals surface area contributed by atoms with Crippen molar-refractivity contribution in [2.24, 2.45) is 5.92 Å². The van der Waals surface area contributed by atoms with Crippen molar-refractivity contribution in [3.63, 3.8) is 0 Å². The van der Waals surface area contributed by atoms with Crippen molar-refractivity contribution in [3.05, 3.63) is 39.3 Å². The fourth-order valence-electron chi connectivity index (χ4n) is 6.16. The Bertz CT molecular complexity index is 1630. The van der Waals surface area contributed by atoms with E-state index < -0.39 is 5.60 Å². The van der Waals surface area contributed by atoms with Crippen molar-refractivity contribution in [3.8, 4) is 10.6 Å². The van der Waals surface area contributed by atoms with E-state index in [-0.39, 0.29) is 36.0 Å². The van der Waals surface area contributed by atoms with E-state index in [4.69, 9.17) is 37.7 Å². The van der Waals surface area contributed by atoms with Crippen LogP contribution in [0.4, 0.5) is 20.7 Å². The third-order valence-electron chi connectivity index (χ3n) is 8.26. The highest BCUT2D eigenvalue weighted by Crippen LogP contribution is 2.46. The summed E-state index contributed by atoms with van der Waals surface area (Å²) in [5.41, 5.74) is 0.490. The van der Waals surface area contributed by atoms with E-state index in [0.717, 1.165) is 22.0 Å². The monoisotopic (exact) mass is 706 g/mol. The number of fused-ring (bicyclic) bond motifs is 2. The van der Waals surface area contributed by atoms with Gasteiger partial charge in [0.1, 0.15) is 22.1 Å². The van der Waals surface area contributed by atoms with E-state index in [1.54, 1.807) is 13.0 Å². The van der Waals surface area contributed by atoms with Gasteiger partial charge in [-0.05, 0) is 59.1 Å². The Labute approximate surface area is 285 Å². The van der Waals surface area contributed by atoms with E-state index in [2.05, 4.69) is 15.2 Å². The van der Waals surface area contributed by atoms with Gasteiger partial charge in [0.15, 0.2) is 5.13 Å². The van der Waals surface area contributed by atoms with E-state index in [1.165, 1.54) is 28.9 Å². The molecule has 0 spiro atoms. The first kappa shape index (κ1) is 32.8. The standard InChI is InChI=1S/C31H36Cl2N6O5S2/c1-5-43-28(41)17-6-8-37(9-7-17)25-22(33)10-18(13-34-25)26(40)36-29-35-24(23-11-19(32)16-45-23)27(46-29)38-14-21-12-20(38)15-39(21)30(42)44-31(2,3)4/h10-11,13,16-17,20-21H,5-9,12,14-15H2,1-4H3,(H,35,36,40). The number of amides is 2. The summed E-state index contributed by atoms with van der Waals surface area (Å²) in [6.45, 7) is 10.2. The SMILES string of the molecule is CCOC(=O)C1CCN(c2ncc(C(=O)Nc3nc(-c4cc(Cl)cs4)c(N4CC5CC4CN5C(=O)OC(C)(C)C)s3)cc2Cl)CC1.